The van der Waals surface area contributed by atoms with Gasteiger partial charge in [-0.1, -0.05) is 18.2 Å². The van der Waals surface area contributed by atoms with Crippen molar-refractivity contribution in [1.29, 1.82) is 0 Å². The number of para-hydroxylation sites is 1. The number of benzene rings is 1. The van der Waals surface area contributed by atoms with Crippen LogP contribution in [0.5, 0.6) is 5.75 Å². The summed E-state index contributed by atoms with van der Waals surface area (Å²) in [7, 11) is 0. The highest BCUT2D eigenvalue weighted by Crippen LogP contribution is 2.07. The number of aliphatic hydroxyl groups excluding tert-OH is 1. The molecule has 2 amide bonds. The monoisotopic (exact) mass is 238 g/mol. The minimum Gasteiger partial charge on any atom is -0.494 e. The van der Waals surface area contributed by atoms with Crippen molar-refractivity contribution in [3.8, 4) is 5.75 Å². The molecule has 0 aliphatic carbocycles. The van der Waals surface area contributed by atoms with Gasteiger partial charge in [-0.3, -0.25) is 0 Å². The number of hydrogen-bond acceptors (Lipinski definition) is 3. The molecule has 0 saturated heterocycles. The van der Waals surface area contributed by atoms with E-state index < -0.39 is 0 Å². The quantitative estimate of drug-likeness (QED) is 0.614. The number of carbonyl (C=O) groups excluding carboxylic acids is 1. The number of carbonyl (C=O) groups is 1. The lowest BCUT2D eigenvalue weighted by Gasteiger charge is -2.07. The molecule has 0 radical (unpaired) electrons. The summed E-state index contributed by atoms with van der Waals surface area (Å²) in [5, 5.41) is 13.7. The average molecular weight is 238 g/mol. The van der Waals surface area contributed by atoms with Crippen LogP contribution in [0.1, 0.15) is 6.42 Å². The molecule has 1 aromatic carbocycles. The van der Waals surface area contributed by atoms with Gasteiger partial charge < -0.3 is 20.5 Å². The summed E-state index contributed by atoms with van der Waals surface area (Å²) < 4.78 is 5.46. The number of rotatable bonds is 7. The minimum atomic E-state index is -0.265. The average Bonchev–Trinajstić information content (AvgIpc) is 2.37. The molecule has 0 spiro atoms. The fraction of sp³-hybridized carbons (Fsp3) is 0.417. The molecule has 0 atom stereocenters. The molecule has 0 heterocycles. The predicted molar refractivity (Wildman–Crippen MR) is 65.0 cm³/mol. The van der Waals surface area contributed by atoms with Crippen LogP contribution in [0.15, 0.2) is 30.3 Å². The van der Waals surface area contributed by atoms with Gasteiger partial charge in [-0.15, -0.1) is 0 Å². The molecule has 0 fully saturated rings. The standard InChI is InChI=1S/C12H18N2O3/c15-9-8-14-12(16)13-7-4-10-17-11-5-2-1-3-6-11/h1-3,5-6,15H,4,7-10H2,(H2,13,14,16). The van der Waals surface area contributed by atoms with Crippen LogP contribution in [0.25, 0.3) is 0 Å². The van der Waals surface area contributed by atoms with E-state index in [0.717, 1.165) is 12.2 Å². The van der Waals surface area contributed by atoms with Crippen molar-refractivity contribution >= 4 is 6.03 Å². The lowest BCUT2D eigenvalue weighted by Crippen LogP contribution is -2.37. The van der Waals surface area contributed by atoms with Crippen molar-refractivity contribution in [2.45, 2.75) is 6.42 Å². The van der Waals surface area contributed by atoms with Crippen molar-refractivity contribution in [3.63, 3.8) is 0 Å². The van der Waals surface area contributed by atoms with E-state index in [1.54, 1.807) is 0 Å². The second-order valence-electron chi connectivity index (χ2n) is 3.42. The predicted octanol–water partition coefficient (Wildman–Crippen LogP) is 0.747. The van der Waals surface area contributed by atoms with Gasteiger partial charge in [0.05, 0.1) is 13.2 Å². The highest BCUT2D eigenvalue weighted by Gasteiger charge is 1.97. The fourth-order valence-corrected chi connectivity index (χ4v) is 1.21. The molecular formula is C12H18N2O3. The molecular weight excluding hydrogens is 220 g/mol. The molecule has 0 bridgehead atoms. The van der Waals surface area contributed by atoms with E-state index in [1.165, 1.54) is 0 Å². The van der Waals surface area contributed by atoms with Crippen LogP contribution in [-0.4, -0.2) is 37.4 Å². The van der Waals surface area contributed by atoms with Crippen molar-refractivity contribution in [3.05, 3.63) is 30.3 Å². The van der Waals surface area contributed by atoms with Crippen LogP contribution in [0.3, 0.4) is 0 Å². The third-order valence-corrected chi connectivity index (χ3v) is 2.02. The Labute approximate surface area is 101 Å². The van der Waals surface area contributed by atoms with Crippen LogP contribution in [-0.2, 0) is 0 Å². The van der Waals surface area contributed by atoms with Gasteiger partial charge in [0, 0.05) is 13.1 Å². The lowest BCUT2D eigenvalue weighted by molar-refractivity contribution is 0.232. The maximum Gasteiger partial charge on any atom is 0.314 e. The number of aliphatic hydroxyl groups is 1. The van der Waals surface area contributed by atoms with Crippen molar-refractivity contribution in [2.24, 2.45) is 0 Å². The highest BCUT2D eigenvalue weighted by molar-refractivity contribution is 5.73. The van der Waals surface area contributed by atoms with Crippen molar-refractivity contribution < 1.29 is 14.6 Å². The zero-order valence-electron chi connectivity index (χ0n) is 9.69. The number of amides is 2. The fourth-order valence-electron chi connectivity index (χ4n) is 1.21. The number of urea groups is 1. The van der Waals surface area contributed by atoms with Gasteiger partial charge in [-0.05, 0) is 18.6 Å². The number of ether oxygens (including phenoxy) is 1. The highest BCUT2D eigenvalue weighted by atomic mass is 16.5. The Kier molecular flexibility index (Phi) is 6.59. The Bertz CT molecular complexity index is 317. The van der Waals surface area contributed by atoms with E-state index in [0.29, 0.717) is 13.2 Å². The Morgan fingerprint density at radius 1 is 1.18 bits per heavy atom. The maximum atomic E-state index is 11.1. The van der Waals surface area contributed by atoms with E-state index in [9.17, 15) is 4.79 Å². The normalized spacial score (nSPS) is 9.71. The molecule has 17 heavy (non-hydrogen) atoms. The van der Waals surface area contributed by atoms with Crippen molar-refractivity contribution in [1.82, 2.24) is 10.6 Å². The summed E-state index contributed by atoms with van der Waals surface area (Å²) in [6, 6.07) is 9.27. The molecule has 0 aromatic heterocycles. The van der Waals surface area contributed by atoms with Gasteiger partial charge in [0.15, 0.2) is 0 Å². The largest absolute Gasteiger partial charge is 0.494 e. The number of nitrogens with one attached hydrogen (secondary N) is 2. The Hall–Kier alpha value is -1.75. The van der Waals surface area contributed by atoms with Crippen LogP contribution < -0.4 is 15.4 Å². The first kappa shape index (κ1) is 13.3. The summed E-state index contributed by atoms with van der Waals surface area (Å²) >= 11 is 0. The maximum absolute atomic E-state index is 11.1. The zero-order valence-corrected chi connectivity index (χ0v) is 9.69. The van der Waals surface area contributed by atoms with Gasteiger partial charge >= 0.3 is 6.03 Å². The summed E-state index contributed by atoms with van der Waals surface area (Å²) in [6.45, 7) is 1.32. The topological polar surface area (TPSA) is 70.6 Å². The molecule has 5 nitrogen and oxygen atoms in total. The van der Waals surface area contributed by atoms with Gasteiger partial charge in [-0.2, -0.15) is 0 Å². The molecule has 3 N–H and O–H groups in total. The Morgan fingerprint density at radius 3 is 2.59 bits per heavy atom. The Morgan fingerprint density at radius 2 is 1.88 bits per heavy atom. The first-order valence-electron chi connectivity index (χ1n) is 5.63. The third-order valence-electron chi connectivity index (χ3n) is 2.02. The van der Waals surface area contributed by atoms with Gasteiger partial charge in [-0.25, -0.2) is 4.79 Å². The van der Waals surface area contributed by atoms with Crippen LogP contribution in [0, 0.1) is 0 Å². The summed E-state index contributed by atoms with van der Waals surface area (Å²) in [5.41, 5.74) is 0. The van der Waals surface area contributed by atoms with E-state index in [2.05, 4.69) is 10.6 Å². The van der Waals surface area contributed by atoms with Gasteiger partial charge in [0.1, 0.15) is 5.75 Å². The smallest absolute Gasteiger partial charge is 0.314 e. The second kappa shape index (κ2) is 8.41. The first-order valence-corrected chi connectivity index (χ1v) is 5.63. The third kappa shape index (κ3) is 6.42. The molecule has 0 unspecified atom stereocenters. The lowest BCUT2D eigenvalue weighted by atomic mass is 10.3. The molecule has 0 saturated carbocycles. The molecule has 1 aromatic rings. The van der Waals surface area contributed by atoms with E-state index in [-0.39, 0.29) is 19.2 Å². The first-order chi connectivity index (χ1) is 8.33. The molecule has 0 aliphatic heterocycles. The van der Waals surface area contributed by atoms with Crippen LogP contribution in [0.4, 0.5) is 4.79 Å². The molecule has 5 heteroatoms. The Balaban J connectivity index is 1.99. The SMILES string of the molecule is O=C(NCCO)NCCCOc1ccccc1. The van der Waals surface area contributed by atoms with E-state index >= 15 is 0 Å². The summed E-state index contributed by atoms with van der Waals surface area (Å²) in [4.78, 5) is 11.1. The van der Waals surface area contributed by atoms with Gasteiger partial charge in [0.25, 0.3) is 0 Å². The second-order valence-corrected chi connectivity index (χ2v) is 3.42. The molecule has 1 rings (SSSR count). The summed E-state index contributed by atoms with van der Waals surface area (Å²) in [6.07, 6.45) is 0.738. The molecule has 94 valence electrons. The van der Waals surface area contributed by atoms with E-state index in [4.69, 9.17) is 9.84 Å². The summed E-state index contributed by atoms with van der Waals surface area (Å²) in [5.74, 6) is 0.831. The van der Waals surface area contributed by atoms with Crippen LogP contribution in [0.2, 0.25) is 0 Å². The number of hydrogen-bond donors (Lipinski definition) is 3. The van der Waals surface area contributed by atoms with Crippen LogP contribution >= 0.6 is 0 Å². The van der Waals surface area contributed by atoms with E-state index in [1.807, 2.05) is 30.3 Å². The zero-order chi connectivity index (χ0) is 12.3. The minimum absolute atomic E-state index is 0.0511. The molecule has 0 aliphatic rings. The van der Waals surface area contributed by atoms with Crippen molar-refractivity contribution in [2.75, 3.05) is 26.3 Å². The van der Waals surface area contributed by atoms with Gasteiger partial charge in [0.2, 0.25) is 0 Å².